The van der Waals surface area contributed by atoms with Crippen LogP contribution in [0, 0.1) is 6.92 Å². The molecule has 2 aromatic carbocycles. The fourth-order valence-corrected chi connectivity index (χ4v) is 3.89. The van der Waals surface area contributed by atoms with Crippen LogP contribution >= 0.6 is 11.6 Å². The Hall–Kier alpha value is -2.90. The third-order valence-corrected chi connectivity index (χ3v) is 5.81. The van der Waals surface area contributed by atoms with E-state index in [1.54, 1.807) is 17.0 Å². The minimum Gasteiger partial charge on any atom is -0.349 e. The van der Waals surface area contributed by atoms with Crippen molar-refractivity contribution in [1.82, 2.24) is 15.1 Å². The molecule has 2 N–H and O–H groups in total. The molecule has 0 saturated carbocycles. The van der Waals surface area contributed by atoms with E-state index in [4.69, 9.17) is 11.6 Å². The van der Waals surface area contributed by atoms with E-state index in [9.17, 15) is 14.4 Å². The van der Waals surface area contributed by atoms with Crippen LogP contribution in [0.15, 0.2) is 48.5 Å². The zero-order chi connectivity index (χ0) is 23.1. The summed E-state index contributed by atoms with van der Waals surface area (Å²) < 4.78 is 0. The Morgan fingerprint density at radius 2 is 1.66 bits per heavy atom. The highest BCUT2D eigenvalue weighted by Crippen LogP contribution is 2.21. The molecule has 8 heteroatoms. The number of nitrogens with zero attached hydrogens (tertiary/aromatic N) is 2. The Kier molecular flexibility index (Phi) is 8.25. The van der Waals surface area contributed by atoms with Crippen molar-refractivity contribution in [3.05, 3.63) is 64.7 Å². The Morgan fingerprint density at radius 3 is 2.28 bits per heavy atom. The van der Waals surface area contributed by atoms with Crippen molar-refractivity contribution in [2.45, 2.75) is 26.3 Å². The summed E-state index contributed by atoms with van der Waals surface area (Å²) in [6.45, 7) is 5.99. The monoisotopic (exact) mass is 456 g/mol. The summed E-state index contributed by atoms with van der Waals surface area (Å²) in [6, 6.07) is 14.6. The van der Waals surface area contributed by atoms with E-state index >= 15 is 0 Å². The number of benzene rings is 2. The van der Waals surface area contributed by atoms with Gasteiger partial charge in [0.2, 0.25) is 17.7 Å². The van der Waals surface area contributed by atoms with Gasteiger partial charge in [0.25, 0.3) is 0 Å². The highest BCUT2D eigenvalue weighted by molar-refractivity contribution is 6.33. The summed E-state index contributed by atoms with van der Waals surface area (Å²) in [4.78, 5) is 40.7. The van der Waals surface area contributed by atoms with Crippen molar-refractivity contribution in [1.29, 1.82) is 0 Å². The van der Waals surface area contributed by atoms with Crippen LogP contribution in [0.5, 0.6) is 0 Å². The summed E-state index contributed by atoms with van der Waals surface area (Å²) in [5.41, 5.74) is 2.62. The molecular formula is C24H29ClN4O3. The first-order chi connectivity index (χ1) is 15.3. The fraction of sp³-hybridized carbons (Fsp3) is 0.375. The van der Waals surface area contributed by atoms with Gasteiger partial charge < -0.3 is 15.5 Å². The molecule has 32 heavy (non-hydrogen) atoms. The van der Waals surface area contributed by atoms with Crippen molar-refractivity contribution in [2.24, 2.45) is 0 Å². The molecule has 1 saturated heterocycles. The normalized spacial score (nSPS) is 15.2. The van der Waals surface area contributed by atoms with Gasteiger partial charge in [0.1, 0.15) is 0 Å². The van der Waals surface area contributed by atoms with Crippen molar-refractivity contribution in [3.63, 3.8) is 0 Å². The van der Waals surface area contributed by atoms with E-state index in [0.29, 0.717) is 36.9 Å². The zero-order valence-electron chi connectivity index (χ0n) is 18.4. The third-order valence-electron chi connectivity index (χ3n) is 5.48. The molecule has 0 aromatic heterocycles. The molecule has 3 rings (SSSR count). The molecule has 7 nitrogen and oxygen atoms in total. The highest BCUT2D eigenvalue weighted by Gasteiger charge is 2.25. The maximum atomic E-state index is 12.9. The maximum Gasteiger partial charge on any atom is 0.238 e. The van der Waals surface area contributed by atoms with Crippen LogP contribution in [-0.4, -0.2) is 60.2 Å². The summed E-state index contributed by atoms with van der Waals surface area (Å²) in [5.74, 6) is -0.315. The van der Waals surface area contributed by atoms with Crippen LogP contribution in [0.4, 0.5) is 5.69 Å². The number of para-hydroxylation sites is 1. The van der Waals surface area contributed by atoms with Gasteiger partial charge in [-0.05, 0) is 24.6 Å². The molecule has 0 radical (unpaired) electrons. The Labute approximate surface area is 193 Å². The number of carbonyl (C=O) groups is 3. The molecule has 170 valence electrons. The largest absolute Gasteiger partial charge is 0.349 e. The first kappa shape index (κ1) is 23.8. The van der Waals surface area contributed by atoms with E-state index in [-0.39, 0.29) is 36.7 Å². The standard InChI is InChI=1S/C24H29ClN4O3/c1-17-7-9-19(10-8-17)22(26-18(2)30)15-24(32)29-13-11-28(12-14-29)16-23(31)27-21-6-4-3-5-20(21)25/h3-10,22H,11-16H2,1-2H3,(H,26,30)(H,27,31)/t22-/m0/s1. The number of amides is 3. The van der Waals surface area contributed by atoms with Gasteiger partial charge in [0, 0.05) is 33.1 Å². The molecule has 0 bridgehead atoms. The molecule has 1 aliphatic rings. The molecule has 1 atom stereocenters. The number of halogens is 1. The molecule has 0 spiro atoms. The molecule has 0 aliphatic carbocycles. The van der Waals surface area contributed by atoms with Crippen LogP contribution < -0.4 is 10.6 Å². The lowest BCUT2D eigenvalue weighted by Gasteiger charge is -2.35. The molecule has 1 heterocycles. The Balaban J connectivity index is 1.50. The van der Waals surface area contributed by atoms with Gasteiger partial charge in [0.05, 0.1) is 29.7 Å². The summed E-state index contributed by atoms with van der Waals surface area (Å²) >= 11 is 6.09. The SMILES string of the molecule is CC(=O)N[C@@H](CC(=O)N1CCN(CC(=O)Nc2ccccc2Cl)CC1)c1ccc(C)cc1. The van der Waals surface area contributed by atoms with Gasteiger partial charge in [0.15, 0.2) is 0 Å². The summed E-state index contributed by atoms with van der Waals surface area (Å²) in [5, 5.41) is 6.21. The molecule has 0 unspecified atom stereocenters. The smallest absolute Gasteiger partial charge is 0.238 e. The minimum atomic E-state index is -0.361. The number of anilines is 1. The van der Waals surface area contributed by atoms with E-state index in [0.717, 1.165) is 11.1 Å². The second-order valence-corrected chi connectivity index (χ2v) is 8.46. The van der Waals surface area contributed by atoms with Crippen LogP contribution in [0.2, 0.25) is 5.02 Å². The lowest BCUT2D eigenvalue weighted by atomic mass is 10.0. The van der Waals surface area contributed by atoms with Crippen molar-refractivity contribution < 1.29 is 14.4 Å². The van der Waals surface area contributed by atoms with Gasteiger partial charge in [-0.15, -0.1) is 0 Å². The van der Waals surface area contributed by atoms with Crippen LogP contribution in [0.1, 0.15) is 30.5 Å². The van der Waals surface area contributed by atoms with Crippen molar-refractivity contribution in [2.75, 3.05) is 38.0 Å². The molecule has 1 fully saturated rings. The first-order valence-corrected chi connectivity index (χ1v) is 11.1. The molecule has 1 aliphatic heterocycles. The minimum absolute atomic E-state index is 0.00973. The second kappa shape index (κ2) is 11.1. The number of hydrogen-bond donors (Lipinski definition) is 2. The quantitative estimate of drug-likeness (QED) is 0.671. The average molecular weight is 457 g/mol. The van der Waals surface area contributed by atoms with Crippen LogP contribution in [0.25, 0.3) is 0 Å². The number of hydrogen-bond acceptors (Lipinski definition) is 4. The van der Waals surface area contributed by atoms with Gasteiger partial charge in [-0.1, -0.05) is 53.6 Å². The van der Waals surface area contributed by atoms with Gasteiger partial charge >= 0.3 is 0 Å². The molecule has 3 amide bonds. The zero-order valence-corrected chi connectivity index (χ0v) is 19.2. The lowest BCUT2D eigenvalue weighted by Crippen LogP contribution is -2.51. The summed E-state index contributed by atoms with van der Waals surface area (Å²) in [7, 11) is 0. The number of rotatable bonds is 7. The van der Waals surface area contributed by atoms with Crippen LogP contribution in [0.3, 0.4) is 0 Å². The first-order valence-electron chi connectivity index (χ1n) is 10.7. The topological polar surface area (TPSA) is 81.8 Å². The number of carbonyl (C=O) groups excluding carboxylic acids is 3. The van der Waals surface area contributed by atoms with Crippen molar-refractivity contribution >= 4 is 35.0 Å². The van der Waals surface area contributed by atoms with Crippen LogP contribution in [-0.2, 0) is 14.4 Å². The molecular weight excluding hydrogens is 428 g/mol. The predicted octanol–water partition coefficient (Wildman–Crippen LogP) is 3.00. The van der Waals surface area contributed by atoms with Gasteiger partial charge in [-0.25, -0.2) is 0 Å². The highest BCUT2D eigenvalue weighted by atomic mass is 35.5. The number of aryl methyl sites for hydroxylation is 1. The predicted molar refractivity (Wildman–Crippen MR) is 125 cm³/mol. The number of nitrogens with one attached hydrogen (secondary N) is 2. The van der Waals surface area contributed by atoms with Crippen molar-refractivity contribution in [3.8, 4) is 0 Å². The van der Waals surface area contributed by atoms with E-state index in [2.05, 4.69) is 10.6 Å². The Bertz CT molecular complexity index is 956. The fourth-order valence-electron chi connectivity index (χ4n) is 3.71. The Morgan fingerprint density at radius 1 is 1.00 bits per heavy atom. The van der Waals surface area contributed by atoms with E-state index in [1.807, 2.05) is 48.2 Å². The van der Waals surface area contributed by atoms with E-state index in [1.165, 1.54) is 6.92 Å². The maximum absolute atomic E-state index is 12.9. The van der Waals surface area contributed by atoms with Gasteiger partial charge in [-0.3, -0.25) is 19.3 Å². The lowest BCUT2D eigenvalue weighted by molar-refractivity contribution is -0.133. The third kappa shape index (κ3) is 6.80. The molecule has 2 aromatic rings. The average Bonchev–Trinajstić information content (AvgIpc) is 2.75. The van der Waals surface area contributed by atoms with Gasteiger partial charge in [-0.2, -0.15) is 0 Å². The number of piperazine rings is 1. The second-order valence-electron chi connectivity index (χ2n) is 8.05. The van der Waals surface area contributed by atoms with E-state index < -0.39 is 0 Å². The summed E-state index contributed by atoms with van der Waals surface area (Å²) in [6.07, 6.45) is 0.204.